The van der Waals surface area contributed by atoms with Crippen LogP contribution in [-0.4, -0.2) is 42.6 Å². The van der Waals surface area contributed by atoms with Crippen molar-refractivity contribution >= 4 is 17.7 Å². The lowest BCUT2D eigenvalue weighted by Crippen LogP contribution is -2.62. The molecule has 126 valence electrons. The smallest absolute Gasteiger partial charge is 0.326 e. The Balaban J connectivity index is 1.65. The quantitative estimate of drug-likeness (QED) is 0.235. The number of aliphatic imine (C=N–C) groups is 1. The van der Waals surface area contributed by atoms with Crippen LogP contribution in [0, 0.1) is 10.1 Å². The van der Waals surface area contributed by atoms with Gasteiger partial charge in [-0.05, 0) is 12.1 Å². The van der Waals surface area contributed by atoms with Crippen molar-refractivity contribution < 1.29 is 28.8 Å². The highest BCUT2D eigenvalue weighted by molar-refractivity contribution is 5.68. The lowest BCUT2D eigenvalue weighted by atomic mass is 10.3. The molecule has 24 heavy (non-hydrogen) atoms. The third-order valence-corrected chi connectivity index (χ3v) is 3.18. The second-order valence-electron chi connectivity index (χ2n) is 4.76. The van der Waals surface area contributed by atoms with E-state index in [9.17, 15) is 15.2 Å². The number of ether oxygens (including phenoxy) is 2. The lowest BCUT2D eigenvalue weighted by Gasteiger charge is -2.18. The Kier molecular flexibility index (Phi) is 4.52. The summed E-state index contributed by atoms with van der Waals surface area (Å²) in [6.45, 7) is 2.44. The van der Waals surface area contributed by atoms with Crippen molar-refractivity contribution in [3.05, 3.63) is 40.6 Å². The molecular weight excluding hydrogens is 322 g/mol. The fourth-order valence-corrected chi connectivity index (χ4v) is 2.02. The minimum Gasteiger partial charge on any atom is -0.566 e. The summed E-state index contributed by atoms with van der Waals surface area (Å²) >= 11 is 0. The summed E-state index contributed by atoms with van der Waals surface area (Å²) in [6, 6.07) is 5.06. The number of rotatable bonds is 4. The van der Waals surface area contributed by atoms with Gasteiger partial charge in [-0.1, -0.05) is 0 Å². The van der Waals surface area contributed by atoms with Crippen LogP contribution in [0.15, 0.2) is 40.0 Å². The van der Waals surface area contributed by atoms with Gasteiger partial charge in [0.25, 0.3) is 11.9 Å². The van der Waals surface area contributed by atoms with Gasteiger partial charge >= 0.3 is 5.88 Å². The van der Waals surface area contributed by atoms with Crippen molar-refractivity contribution in [2.24, 2.45) is 4.99 Å². The molecule has 1 saturated heterocycles. The van der Waals surface area contributed by atoms with Crippen molar-refractivity contribution in [2.45, 2.75) is 0 Å². The molecule has 0 atom stereocenters. The normalized spacial score (nSPS) is 15.3. The molecular formula is C13H13N5O6. The summed E-state index contributed by atoms with van der Waals surface area (Å²) in [5.74, 6) is 0.114. The van der Waals surface area contributed by atoms with Gasteiger partial charge in [0, 0.05) is 17.9 Å². The molecule has 0 unspecified atom stereocenters. The monoisotopic (exact) mass is 335 g/mol. The highest BCUT2D eigenvalue weighted by atomic mass is 16.6. The number of non-ortho nitro benzene ring substituents is 1. The topological polar surface area (TPSA) is 130 Å². The predicted molar refractivity (Wildman–Crippen MR) is 76.3 cm³/mol. The highest BCUT2D eigenvalue weighted by Gasteiger charge is 2.22. The van der Waals surface area contributed by atoms with E-state index in [0.29, 0.717) is 26.3 Å². The van der Waals surface area contributed by atoms with E-state index in [-0.39, 0.29) is 17.3 Å². The van der Waals surface area contributed by atoms with Crippen LogP contribution in [-0.2, 0) is 4.74 Å². The van der Waals surface area contributed by atoms with Crippen LogP contribution in [0.5, 0.6) is 5.75 Å². The SMILES string of the molecule is O=[N+]([O-])c1ccc(O/C([O-])=N/c2c[n+](N3CCOCC3)no2)cc1. The summed E-state index contributed by atoms with van der Waals surface area (Å²) in [5, 5.41) is 27.9. The van der Waals surface area contributed by atoms with E-state index >= 15 is 0 Å². The number of hydrogen-bond donors (Lipinski definition) is 0. The van der Waals surface area contributed by atoms with Gasteiger partial charge in [-0.2, -0.15) is 4.99 Å². The number of morpholine rings is 1. The van der Waals surface area contributed by atoms with E-state index in [1.54, 1.807) is 0 Å². The fraction of sp³-hybridized carbons (Fsp3) is 0.308. The van der Waals surface area contributed by atoms with Gasteiger partial charge in [0.15, 0.2) is 6.08 Å². The number of benzene rings is 1. The van der Waals surface area contributed by atoms with Crippen LogP contribution in [0.4, 0.5) is 11.6 Å². The standard InChI is InChI=1S/C13H13N5O6/c19-13(23-11-3-1-10(2-4-11)18(20)21)14-12-9-17(15-24-12)16-5-7-22-8-6-16/h1-4,9H,5-8H2. The molecule has 0 spiro atoms. The first-order chi connectivity index (χ1) is 11.6. The Morgan fingerprint density at radius 2 is 2.04 bits per heavy atom. The van der Waals surface area contributed by atoms with Gasteiger partial charge in [-0.3, -0.25) is 14.6 Å². The molecule has 0 bridgehead atoms. The molecule has 1 fully saturated rings. The van der Waals surface area contributed by atoms with E-state index in [2.05, 4.69) is 10.3 Å². The van der Waals surface area contributed by atoms with Crippen molar-refractivity contribution in [1.29, 1.82) is 0 Å². The summed E-state index contributed by atoms with van der Waals surface area (Å²) in [7, 11) is 0. The molecule has 2 aromatic rings. The van der Waals surface area contributed by atoms with Gasteiger partial charge in [-0.15, -0.1) is 5.01 Å². The maximum absolute atomic E-state index is 11.7. The molecule has 11 nitrogen and oxygen atoms in total. The van der Waals surface area contributed by atoms with Crippen LogP contribution in [0.1, 0.15) is 0 Å². The maximum atomic E-state index is 11.7. The number of nitro groups is 1. The molecule has 0 radical (unpaired) electrons. The van der Waals surface area contributed by atoms with E-state index in [1.165, 1.54) is 35.3 Å². The average molecular weight is 335 g/mol. The number of hydrogen-bond acceptors (Lipinski definition) is 9. The zero-order valence-corrected chi connectivity index (χ0v) is 12.4. The minimum atomic E-state index is -0.922. The molecule has 0 N–H and O–H groups in total. The van der Waals surface area contributed by atoms with Crippen LogP contribution in [0.3, 0.4) is 0 Å². The zero-order valence-electron chi connectivity index (χ0n) is 12.4. The van der Waals surface area contributed by atoms with E-state index < -0.39 is 11.0 Å². The summed E-state index contributed by atoms with van der Waals surface area (Å²) in [6.07, 6.45) is 0.525. The minimum absolute atomic E-state index is 0.0200. The van der Waals surface area contributed by atoms with Crippen LogP contribution >= 0.6 is 0 Å². The molecule has 1 aromatic heterocycles. The molecule has 3 rings (SSSR count). The van der Waals surface area contributed by atoms with E-state index in [4.69, 9.17) is 14.0 Å². The molecule has 1 aromatic carbocycles. The summed E-state index contributed by atoms with van der Waals surface area (Å²) in [5.41, 5.74) is -0.103. The van der Waals surface area contributed by atoms with Gasteiger partial charge in [0.2, 0.25) is 5.27 Å². The van der Waals surface area contributed by atoms with E-state index in [0.717, 1.165) is 0 Å². The van der Waals surface area contributed by atoms with Crippen molar-refractivity contribution in [1.82, 2.24) is 5.27 Å². The predicted octanol–water partition coefficient (Wildman–Crippen LogP) is -0.735. The van der Waals surface area contributed by atoms with Crippen LogP contribution in [0.25, 0.3) is 0 Å². The highest BCUT2D eigenvalue weighted by Crippen LogP contribution is 2.17. The van der Waals surface area contributed by atoms with Crippen molar-refractivity contribution in [2.75, 3.05) is 31.3 Å². The second kappa shape index (κ2) is 6.91. The first-order valence-corrected chi connectivity index (χ1v) is 7.01. The van der Waals surface area contributed by atoms with Gasteiger partial charge in [0.1, 0.15) is 0 Å². The largest absolute Gasteiger partial charge is 0.566 e. The third-order valence-electron chi connectivity index (χ3n) is 3.18. The summed E-state index contributed by atoms with van der Waals surface area (Å²) < 4.78 is 15.1. The molecule has 0 saturated carbocycles. The second-order valence-corrected chi connectivity index (χ2v) is 4.76. The Hall–Kier alpha value is -3.21. The van der Waals surface area contributed by atoms with Gasteiger partial charge in [0.05, 0.1) is 36.0 Å². The average Bonchev–Trinajstić information content (AvgIpc) is 3.04. The van der Waals surface area contributed by atoms with Crippen LogP contribution < -0.4 is 19.6 Å². The maximum Gasteiger partial charge on any atom is 0.326 e. The molecule has 11 heteroatoms. The third kappa shape index (κ3) is 3.76. The molecule has 1 aliphatic rings. The Morgan fingerprint density at radius 3 is 2.71 bits per heavy atom. The van der Waals surface area contributed by atoms with Crippen molar-refractivity contribution in [3.63, 3.8) is 0 Å². The van der Waals surface area contributed by atoms with E-state index in [1.807, 2.05) is 5.01 Å². The fourth-order valence-electron chi connectivity index (χ4n) is 2.02. The number of aromatic nitrogens is 2. The Morgan fingerprint density at radius 1 is 1.33 bits per heavy atom. The van der Waals surface area contributed by atoms with Gasteiger partial charge < -0.3 is 14.6 Å². The lowest BCUT2D eigenvalue weighted by molar-refractivity contribution is -0.759. The number of nitrogens with zero attached hydrogens (tertiary/aromatic N) is 5. The van der Waals surface area contributed by atoms with Crippen LogP contribution in [0.2, 0.25) is 0 Å². The zero-order chi connectivity index (χ0) is 16.9. The molecule has 0 amide bonds. The Bertz CT molecular complexity index is 738. The van der Waals surface area contributed by atoms with Gasteiger partial charge in [-0.25, -0.2) is 0 Å². The molecule has 2 heterocycles. The molecule has 1 aliphatic heterocycles. The Labute approximate surface area is 135 Å². The first kappa shape index (κ1) is 15.7. The molecule has 0 aliphatic carbocycles. The number of nitro benzene ring substituents is 1. The van der Waals surface area contributed by atoms with Crippen molar-refractivity contribution in [3.8, 4) is 5.75 Å². The summed E-state index contributed by atoms with van der Waals surface area (Å²) in [4.78, 5) is 15.1. The first-order valence-electron chi connectivity index (χ1n) is 7.01.